The van der Waals surface area contributed by atoms with E-state index in [9.17, 15) is 4.79 Å². The fraction of sp³-hybridized carbons (Fsp3) is 0.409. The fourth-order valence-corrected chi connectivity index (χ4v) is 4.30. The molecule has 4 nitrogen and oxygen atoms in total. The number of nitrogens with zero attached hydrogens (tertiary/aromatic N) is 1. The molecule has 0 spiro atoms. The maximum absolute atomic E-state index is 12.6. The van der Waals surface area contributed by atoms with Gasteiger partial charge in [0, 0.05) is 24.2 Å². The van der Waals surface area contributed by atoms with Gasteiger partial charge in [0.1, 0.15) is 11.5 Å². The number of hydrogen-bond donors (Lipinski definition) is 1. The number of nitrogens with one attached hydrogen (secondary N) is 1. The molecule has 2 aliphatic heterocycles. The number of piperidine rings is 1. The van der Waals surface area contributed by atoms with Crippen molar-refractivity contribution >= 4 is 5.91 Å². The lowest BCUT2D eigenvalue weighted by molar-refractivity contribution is 0.0930. The first-order chi connectivity index (χ1) is 12.7. The third-order valence-electron chi connectivity index (χ3n) is 5.68. The molecule has 1 saturated carbocycles. The van der Waals surface area contributed by atoms with Crippen LogP contribution < -0.4 is 10.1 Å². The summed E-state index contributed by atoms with van der Waals surface area (Å²) >= 11 is 0. The summed E-state index contributed by atoms with van der Waals surface area (Å²) in [6.07, 6.45) is 4.72. The van der Waals surface area contributed by atoms with E-state index >= 15 is 0 Å². The highest BCUT2D eigenvalue weighted by Crippen LogP contribution is 2.32. The van der Waals surface area contributed by atoms with Crippen LogP contribution in [0.5, 0.6) is 11.5 Å². The monoisotopic (exact) mass is 350 g/mol. The maximum atomic E-state index is 12.6. The van der Waals surface area contributed by atoms with Crippen LogP contribution in [0.15, 0.2) is 54.6 Å². The lowest BCUT2D eigenvalue weighted by Gasteiger charge is -2.33. The van der Waals surface area contributed by atoms with E-state index in [1.807, 2.05) is 54.6 Å². The van der Waals surface area contributed by atoms with E-state index in [4.69, 9.17) is 4.74 Å². The van der Waals surface area contributed by atoms with Gasteiger partial charge in [0.2, 0.25) is 0 Å². The molecule has 3 unspecified atom stereocenters. The smallest absolute Gasteiger partial charge is 0.251 e. The number of ether oxygens (including phenoxy) is 1. The molecule has 4 heteroatoms. The molecular formula is C22H26N2O2. The standard InChI is InChI=1S/C22H26N2O2/c1-24-15-16-7-10-19(24)14-18(13-16)23-22(25)17-8-11-21(12-9-17)26-20-5-3-2-4-6-20/h2-6,8-9,11-12,16,18-19H,7,10,13-15H2,1H3,(H,23,25). The average molecular weight is 350 g/mol. The van der Waals surface area contributed by atoms with Crippen LogP contribution in [0.1, 0.15) is 36.0 Å². The molecule has 3 atom stereocenters. The van der Waals surface area contributed by atoms with E-state index in [0.717, 1.165) is 24.3 Å². The van der Waals surface area contributed by atoms with Crippen LogP contribution in [0, 0.1) is 5.92 Å². The van der Waals surface area contributed by atoms with Crippen LogP contribution in [0.3, 0.4) is 0 Å². The lowest BCUT2D eigenvalue weighted by atomic mass is 9.95. The molecule has 0 radical (unpaired) electrons. The molecule has 2 heterocycles. The largest absolute Gasteiger partial charge is 0.457 e. The summed E-state index contributed by atoms with van der Waals surface area (Å²) in [7, 11) is 2.21. The normalized spacial score (nSPS) is 25.5. The van der Waals surface area contributed by atoms with E-state index in [0.29, 0.717) is 17.5 Å². The Morgan fingerprint density at radius 1 is 1.00 bits per heavy atom. The van der Waals surface area contributed by atoms with Gasteiger partial charge in [-0.3, -0.25) is 4.79 Å². The minimum Gasteiger partial charge on any atom is -0.457 e. The number of carbonyl (C=O) groups excluding carboxylic acids is 1. The molecule has 2 aromatic rings. The molecule has 136 valence electrons. The molecule has 3 fully saturated rings. The number of carbonyl (C=O) groups is 1. The van der Waals surface area contributed by atoms with Gasteiger partial charge in [0.25, 0.3) is 5.91 Å². The second kappa shape index (κ2) is 7.50. The number of fused-ring (bicyclic) bond motifs is 4. The highest BCUT2D eigenvalue weighted by atomic mass is 16.5. The Bertz CT molecular complexity index is 744. The van der Waals surface area contributed by atoms with Crippen LogP contribution in [0.2, 0.25) is 0 Å². The first-order valence-electron chi connectivity index (χ1n) is 9.51. The molecule has 0 aromatic heterocycles. The molecule has 2 bridgehead atoms. The summed E-state index contributed by atoms with van der Waals surface area (Å²) < 4.78 is 5.79. The first-order valence-corrected chi connectivity index (χ1v) is 9.51. The Morgan fingerprint density at radius 3 is 2.46 bits per heavy atom. The SMILES string of the molecule is CN1CC2CCC1CC(NC(=O)c1ccc(Oc3ccccc3)cc1)C2. The molecule has 2 saturated heterocycles. The zero-order chi connectivity index (χ0) is 17.9. The highest BCUT2D eigenvalue weighted by molar-refractivity contribution is 5.94. The molecule has 1 N–H and O–H groups in total. The van der Waals surface area contributed by atoms with Crippen LogP contribution in [-0.4, -0.2) is 36.5 Å². The second-order valence-electron chi connectivity index (χ2n) is 7.62. The molecule has 2 aromatic carbocycles. The minimum absolute atomic E-state index is 0.0187. The van der Waals surface area contributed by atoms with Crippen LogP contribution in [0.4, 0.5) is 0 Å². The van der Waals surface area contributed by atoms with Gasteiger partial charge in [-0.25, -0.2) is 0 Å². The number of benzene rings is 2. The Hall–Kier alpha value is -2.33. The molecule has 1 aliphatic carbocycles. The predicted octanol–water partition coefficient (Wildman–Crippen LogP) is 4.08. The van der Waals surface area contributed by atoms with Crippen LogP contribution >= 0.6 is 0 Å². The van der Waals surface area contributed by atoms with Gasteiger partial charge in [-0.2, -0.15) is 0 Å². The van der Waals surface area contributed by atoms with Gasteiger partial charge in [0.15, 0.2) is 0 Å². The van der Waals surface area contributed by atoms with E-state index in [2.05, 4.69) is 17.3 Å². The summed E-state index contributed by atoms with van der Waals surface area (Å²) in [6.45, 7) is 1.17. The third kappa shape index (κ3) is 3.91. The van der Waals surface area contributed by atoms with Gasteiger partial charge in [0.05, 0.1) is 0 Å². The highest BCUT2D eigenvalue weighted by Gasteiger charge is 2.34. The molecular weight excluding hydrogens is 324 g/mol. The summed E-state index contributed by atoms with van der Waals surface area (Å²) in [5.74, 6) is 2.26. The Morgan fingerprint density at radius 2 is 1.73 bits per heavy atom. The quantitative estimate of drug-likeness (QED) is 0.903. The zero-order valence-electron chi connectivity index (χ0n) is 15.2. The van der Waals surface area contributed by atoms with Gasteiger partial charge < -0.3 is 15.0 Å². The fourth-order valence-electron chi connectivity index (χ4n) is 4.30. The van der Waals surface area contributed by atoms with Crippen molar-refractivity contribution in [3.05, 3.63) is 60.2 Å². The van der Waals surface area contributed by atoms with Gasteiger partial charge in [-0.1, -0.05) is 18.2 Å². The minimum atomic E-state index is 0.0187. The topological polar surface area (TPSA) is 41.6 Å². The Balaban J connectivity index is 1.37. The number of para-hydroxylation sites is 1. The molecule has 3 aliphatic rings. The van der Waals surface area contributed by atoms with Crippen molar-refractivity contribution in [3.8, 4) is 11.5 Å². The summed E-state index contributed by atoms with van der Waals surface area (Å²) in [5, 5.41) is 3.26. The van der Waals surface area contributed by atoms with E-state index in [1.54, 1.807) is 0 Å². The van der Waals surface area contributed by atoms with E-state index in [1.165, 1.54) is 19.4 Å². The average Bonchev–Trinajstić information content (AvgIpc) is 2.93. The van der Waals surface area contributed by atoms with Crippen LogP contribution in [0.25, 0.3) is 0 Å². The Labute approximate surface area is 155 Å². The van der Waals surface area contributed by atoms with Crippen molar-refractivity contribution in [3.63, 3.8) is 0 Å². The molecule has 5 rings (SSSR count). The van der Waals surface area contributed by atoms with Crippen molar-refractivity contribution in [2.45, 2.75) is 37.8 Å². The van der Waals surface area contributed by atoms with E-state index < -0.39 is 0 Å². The first kappa shape index (κ1) is 17.1. The Kier molecular flexibility index (Phi) is 4.93. The van der Waals surface area contributed by atoms with Crippen molar-refractivity contribution in [1.82, 2.24) is 10.2 Å². The number of hydrogen-bond acceptors (Lipinski definition) is 3. The molecule has 1 amide bonds. The maximum Gasteiger partial charge on any atom is 0.251 e. The van der Waals surface area contributed by atoms with Crippen LogP contribution in [-0.2, 0) is 0 Å². The number of amides is 1. The van der Waals surface area contributed by atoms with Gasteiger partial charge in [-0.05, 0) is 75.0 Å². The molecule has 26 heavy (non-hydrogen) atoms. The van der Waals surface area contributed by atoms with Crippen molar-refractivity contribution in [1.29, 1.82) is 0 Å². The predicted molar refractivity (Wildman–Crippen MR) is 103 cm³/mol. The third-order valence-corrected chi connectivity index (χ3v) is 5.68. The second-order valence-corrected chi connectivity index (χ2v) is 7.62. The van der Waals surface area contributed by atoms with Crippen molar-refractivity contribution in [2.75, 3.05) is 13.6 Å². The summed E-state index contributed by atoms with van der Waals surface area (Å²) in [6, 6.07) is 17.9. The van der Waals surface area contributed by atoms with E-state index in [-0.39, 0.29) is 11.9 Å². The summed E-state index contributed by atoms with van der Waals surface area (Å²) in [4.78, 5) is 15.1. The van der Waals surface area contributed by atoms with Gasteiger partial charge >= 0.3 is 0 Å². The van der Waals surface area contributed by atoms with Crippen molar-refractivity contribution in [2.24, 2.45) is 5.92 Å². The number of rotatable bonds is 4. The summed E-state index contributed by atoms with van der Waals surface area (Å²) in [5.41, 5.74) is 0.690. The van der Waals surface area contributed by atoms with Crippen molar-refractivity contribution < 1.29 is 9.53 Å². The zero-order valence-corrected chi connectivity index (χ0v) is 15.2. The lowest BCUT2D eigenvalue weighted by Crippen LogP contribution is -2.39. The van der Waals surface area contributed by atoms with Gasteiger partial charge in [-0.15, -0.1) is 0 Å².